The molecule has 0 radical (unpaired) electrons. The van der Waals surface area contributed by atoms with Crippen LogP contribution in [0, 0.1) is 0 Å². The van der Waals surface area contributed by atoms with Crippen LogP contribution in [0.3, 0.4) is 0 Å². The molecule has 2 heterocycles. The van der Waals surface area contributed by atoms with Crippen molar-refractivity contribution < 1.29 is 23.0 Å². The molecule has 2 N–H and O–H groups in total. The molecule has 1 saturated heterocycles. The van der Waals surface area contributed by atoms with E-state index in [9.17, 15) is 18.3 Å². The molecule has 1 aliphatic heterocycles. The van der Waals surface area contributed by atoms with Gasteiger partial charge in [0.25, 0.3) is 0 Å². The van der Waals surface area contributed by atoms with Crippen LogP contribution in [0.5, 0.6) is 0 Å². The largest absolute Gasteiger partial charge is 0.416 e. The summed E-state index contributed by atoms with van der Waals surface area (Å²) in [5, 5.41) is 26.1. The van der Waals surface area contributed by atoms with Crippen LogP contribution in [-0.2, 0) is 17.5 Å². The molecule has 158 valence electrons. The Morgan fingerprint density at radius 3 is 2.60 bits per heavy atom. The predicted molar refractivity (Wildman–Crippen MR) is 103 cm³/mol. The van der Waals surface area contributed by atoms with Crippen molar-refractivity contribution in [2.75, 3.05) is 18.5 Å². The Morgan fingerprint density at radius 2 is 1.90 bits per heavy atom. The van der Waals surface area contributed by atoms with E-state index in [0.717, 1.165) is 18.6 Å². The van der Waals surface area contributed by atoms with Crippen molar-refractivity contribution in [1.29, 1.82) is 0 Å². The van der Waals surface area contributed by atoms with E-state index in [4.69, 9.17) is 4.74 Å². The molecule has 1 aromatic heterocycles. The number of rotatable bonds is 5. The molecule has 1 atom stereocenters. The number of anilines is 2. The highest BCUT2D eigenvalue weighted by Gasteiger charge is 2.32. The number of ether oxygens (including phenoxy) is 1. The Labute approximate surface area is 170 Å². The van der Waals surface area contributed by atoms with Gasteiger partial charge >= 0.3 is 6.18 Å². The lowest BCUT2D eigenvalue weighted by Gasteiger charge is -2.30. The molecule has 1 fully saturated rings. The van der Waals surface area contributed by atoms with Crippen LogP contribution in [0.15, 0.2) is 48.5 Å². The number of tetrazole rings is 1. The van der Waals surface area contributed by atoms with Crippen molar-refractivity contribution in [3.63, 3.8) is 0 Å². The van der Waals surface area contributed by atoms with E-state index >= 15 is 0 Å². The summed E-state index contributed by atoms with van der Waals surface area (Å²) in [7, 11) is 0. The monoisotopic (exact) mass is 419 g/mol. The van der Waals surface area contributed by atoms with Crippen molar-refractivity contribution in [3.8, 4) is 11.4 Å². The Hall–Kier alpha value is -2.98. The lowest BCUT2D eigenvalue weighted by atomic mass is 9.97. The molecule has 0 saturated carbocycles. The number of hydrogen-bond donors (Lipinski definition) is 2. The predicted octanol–water partition coefficient (Wildman–Crippen LogP) is 3.64. The van der Waals surface area contributed by atoms with Crippen LogP contribution in [-0.4, -0.2) is 44.1 Å². The third-order valence-electron chi connectivity index (χ3n) is 4.85. The zero-order valence-corrected chi connectivity index (χ0v) is 15.9. The maximum absolute atomic E-state index is 12.8. The summed E-state index contributed by atoms with van der Waals surface area (Å²) in [6.45, 7) is 1.01. The lowest BCUT2D eigenvalue weighted by Crippen LogP contribution is -2.43. The highest BCUT2D eigenvalue weighted by Crippen LogP contribution is 2.32. The summed E-state index contributed by atoms with van der Waals surface area (Å²) >= 11 is 0. The quantitative estimate of drug-likeness (QED) is 0.657. The first-order chi connectivity index (χ1) is 14.3. The van der Waals surface area contributed by atoms with Gasteiger partial charge in [0, 0.05) is 23.5 Å². The minimum absolute atomic E-state index is 0.161. The van der Waals surface area contributed by atoms with E-state index in [2.05, 4.69) is 20.7 Å². The average molecular weight is 419 g/mol. The molecule has 2 aromatic carbocycles. The summed E-state index contributed by atoms with van der Waals surface area (Å²) in [6.07, 6.45) is -3.03. The van der Waals surface area contributed by atoms with Gasteiger partial charge in [0.2, 0.25) is 5.82 Å². The Bertz CT molecular complexity index is 998. The molecule has 0 aliphatic carbocycles. The third-order valence-corrected chi connectivity index (χ3v) is 4.85. The van der Waals surface area contributed by atoms with Gasteiger partial charge in [-0.2, -0.15) is 18.0 Å². The Kier molecular flexibility index (Phi) is 5.44. The third kappa shape index (κ3) is 4.60. The molecule has 0 bridgehead atoms. The Balaban J connectivity index is 1.53. The summed E-state index contributed by atoms with van der Waals surface area (Å²) in [5.41, 5.74) is 0.00735. The molecule has 0 amide bonds. The summed E-state index contributed by atoms with van der Waals surface area (Å²) in [6, 6.07) is 11.9. The maximum atomic E-state index is 12.8. The number of nitrogens with zero attached hydrogens (tertiary/aromatic N) is 4. The number of alkyl halides is 3. The van der Waals surface area contributed by atoms with Crippen molar-refractivity contribution in [2.45, 2.75) is 31.2 Å². The zero-order valence-electron chi connectivity index (χ0n) is 15.9. The summed E-state index contributed by atoms with van der Waals surface area (Å²) in [5.74, 6) is 0.338. The first-order valence-corrected chi connectivity index (χ1v) is 9.44. The van der Waals surface area contributed by atoms with E-state index in [1.165, 1.54) is 16.9 Å². The fraction of sp³-hybridized carbons (Fsp3) is 0.350. The molecular formula is C20H20F3N5O2. The van der Waals surface area contributed by atoms with E-state index in [1.807, 2.05) is 0 Å². The molecule has 10 heteroatoms. The number of para-hydroxylation sites is 1. The number of aliphatic hydroxyl groups is 1. The number of halogens is 3. The molecule has 0 spiro atoms. The normalized spacial score (nSPS) is 19.6. The molecular weight excluding hydrogens is 399 g/mol. The maximum Gasteiger partial charge on any atom is 0.416 e. The van der Waals surface area contributed by atoms with Gasteiger partial charge in [0.1, 0.15) is 5.60 Å². The topological polar surface area (TPSA) is 85.1 Å². The van der Waals surface area contributed by atoms with Crippen molar-refractivity contribution in [1.82, 2.24) is 20.2 Å². The number of benzene rings is 2. The summed E-state index contributed by atoms with van der Waals surface area (Å²) in [4.78, 5) is 1.33. The van der Waals surface area contributed by atoms with Gasteiger partial charge in [-0.15, -0.1) is 10.2 Å². The summed E-state index contributed by atoms with van der Waals surface area (Å²) < 4.78 is 43.6. The average Bonchev–Trinajstić information content (AvgIpc) is 3.16. The SMILES string of the molecule is OC1(Cn2nnc(-c3ccccc3Nc3ccc(C(F)(F)F)cc3)n2)CCCOC1. The van der Waals surface area contributed by atoms with Gasteiger partial charge in [-0.25, -0.2) is 0 Å². The zero-order chi connectivity index (χ0) is 21.2. The molecule has 30 heavy (non-hydrogen) atoms. The van der Waals surface area contributed by atoms with Crippen LogP contribution in [0.4, 0.5) is 24.5 Å². The van der Waals surface area contributed by atoms with Crippen molar-refractivity contribution >= 4 is 11.4 Å². The molecule has 1 unspecified atom stereocenters. The highest BCUT2D eigenvalue weighted by molar-refractivity contribution is 5.77. The van der Waals surface area contributed by atoms with E-state index < -0.39 is 17.3 Å². The minimum atomic E-state index is -4.38. The Morgan fingerprint density at radius 1 is 1.13 bits per heavy atom. The van der Waals surface area contributed by atoms with E-state index in [1.54, 1.807) is 24.3 Å². The fourth-order valence-electron chi connectivity index (χ4n) is 3.33. The second-order valence-corrected chi connectivity index (χ2v) is 7.27. The smallest absolute Gasteiger partial charge is 0.385 e. The van der Waals surface area contributed by atoms with Crippen LogP contribution in [0.1, 0.15) is 18.4 Å². The minimum Gasteiger partial charge on any atom is -0.385 e. The van der Waals surface area contributed by atoms with Crippen LogP contribution in [0.2, 0.25) is 0 Å². The van der Waals surface area contributed by atoms with Crippen LogP contribution in [0.25, 0.3) is 11.4 Å². The standard InChI is InChI=1S/C20H20F3N5O2/c21-20(22,23)14-6-8-15(9-7-14)24-17-5-2-1-4-16(17)18-25-27-28(26-18)12-19(29)10-3-11-30-13-19/h1-2,4-9,24,29H,3,10-13H2. The molecule has 7 nitrogen and oxygen atoms in total. The van der Waals surface area contributed by atoms with Crippen LogP contribution >= 0.6 is 0 Å². The molecule has 1 aliphatic rings. The molecule has 4 rings (SSSR count). The van der Waals surface area contributed by atoms with Gasteiger partial charge in [0.05, 0.1) is 18.7 Å². The lowest BCUT2D eigenvalue weighted by molar-refractivity contribution is -0.137. The second kappa shape index (κ2) is 8.04. The van der Waals surface area contributed by atoms with Gasteiger partial charge in [0.15, 0.2) is 0 Å². The van der Waals surface area contributed by atoms with Gasteiger partial charge < -0.3 is 15.2 Å². The van der Waals surface area contributed by atoms with Gasteiger partial charge in [-0.05, 0) is 54.5 Å². The highest BCUT2D eigenvalue weighted by atomic mass is 19.4. The number of aromatic nitrogens is 4. The van der Waals surface area contributed by atoms with Gasteiger partial charge in [-0.3, -0.25) is 0 Å². The first kappa shape index (κ1) is 20.3. The fourth-order valence-corrected chi connectivity index (χ4v) is 3.33. The number of hydrogen-bond acceptors (Lipinski definition) is 6. The molecule has 3 aromatic rings. The van der Waals surface area contributed by atoms with Crippen molar-refractivity contribution in [2.24, 2.45) is 0 Å². The van der Waals surface area contributed by atoms with Gasteiger partial charge in [-0.1, -0.05) is 12.1 Å². The first-order valence-electron chi connectivity index (χ1n) is 9.44. The second-order valence-electron chi connectivity index (χ2n) is 7.27. The van der Waals surface area contributed by atoms with Crippen molar-refractivity contribution in [3.05, 3.63) is 54.1 Å². The number of nitrogens with one attached hydrogen (secondary N) is 1. The van der Waals surface area contributed by atoms with E-state index in [0.29, 0.717) is 35.8 Å². The van der Waals surface area contributed by atoms with E-state index in [-0.39, 0.29) is 13.2 Å². The van der Waals surface area contributed by atoms with Crippen LogP contribution < -0.4 is 5.32 Å².